The third kappa shape index (κ3) is 4.62. The minimum absolute atomic E-state index is 0.0460. The third-order valence-electron chi connectivity index (χ3n) is 3.74. The number of nitrogens with two attached hydrogens (primary N) is 1. The zero-order chi connectivity index (χ0) is 19.9. The highest BCUT2D eigenvalue weighted by atomic mass is 35.5. The molecule has 0 fully saturated rings. The van der Waals surface area contributed by atoms with E-state index in [-0.39, 0.29) is 31.5 Å². The summed E-state index contributed by atoms with van der Waals surface area (Å²) in [5.41, 5.74) is 8.38. The van der Waals surface area contributed by atoms with Crippen LogP contribution in [0.15, 0.2) is 35.9 Å². The van der Waals surface area contributed by atoms with Crippen LogP contribution in [0.1, 0.15) is 11.1 Å². The Morgan fingerprint density at radius 2 is 2.04 bits per heavy atom. The predicted molar refractivity (Wildman–Crippen MR) is 102 cm³/mol. The number of imidazole rings is 1. The second-order valence-electron chi connectivity index (χ2n) is 5.65. The third-order valence-corrected chi connectivity index (χ3v) is 3.91. The van der Waals surface area contributed by atoms with Crippen LogP contribution in [0.4, 0.5) is 10.7 Å². The first kappa shape index (κ1) is 19.3. The van der Waals surface area contributed by atoms with E-state index in [0.29, 0.717) is 17.0 Å². The lowest BCUT2D eigenvalue weighted by Crippen LogP contribution is -2.36. The number of carbonyl (C=O) groups excluding carboxylic acids is 1. The molecule has 0 unspecified atom stereocenters. The van der Waals surface area contributed by atoms with Gasteiger partial charge in [0.2, 0.25) is 11.8 Å². The van der Waals surface area contributed by atoms with E-state index in [2.05, 4.69) is 30.5 Å². The van der Waals surface area contributed by atoms with Gasteiger partial charge < -0.3 is 20.8 Å². The fourth-order valence-corrected chi connectivity index (χ4v) is 2.52. The molecule has 4 N–H and O–H groups in total. The first-order chi connectivity index (χ1) is 13.6. The topological polar surface area (TPSA) is 151 Å². The number of nitrogens with zero attached hydrogens (tertiary/aromatic N) is 5. The van der Waals surface area contributed by atoms with Crippen molar-refractivity contribution in [2.75, 3.05) is 18.2 Å². The van der Waals surface area contributed by atoms with Crippen molar-refractivity contribution in [3.8, 4) is 5.88 Å². The van der Waals surface area contributed by atoms with E-state index in [1.54, 1.807) is 0 Å². The number of carbonyl (C=O) groups is 1. The van der Waals surface area contributed by atoms with E-state index in [0.717, 1.165) is 16.1 Å². The van der Waals surface area contributed by atoms with Gasteiger partial charge in [0.1, 0.15) is 12.1 Å². The van der Waals surface area contributed by atoms with Crippen LogP contribution in [0.25, 0.3) is 11.2 Å². The molecule has 0 spiro atoms. The molecule has 28 heavy (non-hydrogen) atoms. The Hall–Kier alpha value is -3.47. The normalized spacial score (nSPS) is 10.6. The van der Waals surface area contributed by atoms with Crippen molar-refractivity contribution in [1.82, 2.24) is 30.3 Å². The van der Waals surface area contributed by atoms with E-state index in [9.17, 15) is 9.70 Å². The SMILES string of the molecule is Nc1nc(OCc2ccc(CNC(=O)N(CCCl)N=O)cc2)c2[nH]cnc2n1. The first-order valence-corrected chi connectivity index (χ1v) is 8.76. The fourth-order valence-electron chi connectivity index (χ4n) is 2.36. The molecule has 0 radical (unpaired) electrons. The molecule has 0 bridgehead atoms. The van der Waals surface area contributed by atoms with Gasteiger partial charge in [-0.3, -0.25) is 0 Å². The van der Waals surface area contributed by atoms with Gasteiger partial charge in [0.25, 0.3) is 0 Å². The zero-order valence-electron chi connectivity index (χ0n) is 14.6. The van der Waals surface area contributed by atoms with Crippen LogP contribution in [-0.2, 0) is 13.2 Å². The average molecular weight is 405 g/mol. The van der Waals surface area contributed by atoms with Gasteiger partial charge in [-0.1, -0.05) is 24.3 Å². The smallest absolute Gasteiger partial charge is 0.340 e. The van der Waals surface area contributed by atoms with Crippen LogP contribution in [0.5, 0.6) is 5.88 Å². The Labute approximate surface area is 164 Å². The average Bonchev–Trinajstić information content (AvgIpc) is 3.17. The Morgan fingerprint density at radius 3 is 2.75 bits per heavy atom. The molecule has 0 aliphatic heterocycles. The molecule has 3 aromatic rings. The molecule has 0 aliphatic rings. The van der Waals surface area contributed by atoms with Gasteiger partial charge in [0, 0.05) is 12.4 Å². The molecular formula is C16H17ClN8O3. The van der Waals surface area contributed by atoms with E-state index < -0.39 is 6.03 Å². The lowest BCUT2D eigenvalue weighted by Gasteiger charge is -2.13. The first-order valence-electron chi connectivity index (χ1n) is 8.22. The molecule has 0 aliphatic carbocycles. The number of benzene rings is 1. The molecule has 146 valence electrons. The summed E-state index contributed by atoms with van der Waals surface area (Å²) in [6, 6.07) is 6.77. The van der Waals surface area contributed by atoms with Crippen molar-refractivity contribution in [2.24, 2.45) is 5.29 Å². The molecule has 2 aromatic heterocycles. The van der Waals surface area contributed by atoms with Gasteiger partial charge >= 0.3 is 6.03 Å². The van der Waals surface area contributed by atoms with Crippen molar-refractivity contribution in [3.05, 3.63) is 46.6 Å². The molecule has 1 aromatic carbocycles. The van der Waals surface area contributed by atoms with Crippen LogP contribution in [-0.4, -0.2) is 43.4 Å². The summed E-state index contributed by atoms with van der Waals surface area (Å²) in [5, 5.41) is 5.96. The number of nitroso groups, excluding NO2 is 1. The number of urea groups is 1. The van der Waals surface area contributed by atoms with Gasteiger partial charge in [-0.05, 0) is 11.1 Å². The summed E-state index contributed by atoms with van der Waals surface area (Å²) in [6.07, 6.45) is 1.49. The number of nitrogen functional groups attached to an aromatic ring is 1. The summed E-state index contributed by atoms with van der Waals surface area (Å²) in [7, 11) is 0. The van der Waals surface area contributed by atoms with Crippen LogP contribution in [0.2, 0.25) is 0 Å². The second kappa shape index (κ2) is 8.95. The standard InChI is InChI=1S/C16H17ClN8O3/c17-5-6-25(24-27)16(26)19-7-10-1-3-11(4-2-10)8-28-14-12-13(21-9-20-12)22-15(18)23-14/h1-4,9H,5-8H2,(H,19,26)(H3,18,20,21,22,23). The number of aromatic nitrogens is 4. The maximum atomic E-state index is 11.8. The summed E-state index contributed by atoms with van der Waals surface area (Å²) < 4.78 is 5.72. The molecule has 0 saturated heterocycles. The van der Waals surface area contributed by atoms with Gasteiger partial charge in [0.05, 0.1) is 18.2 Å². The number of aromatic amines is 1. The molecule has 2 amide bonds. The highest BCUT2D eigenvalue weighted by molar-refractivity contribution is 6.18. The number of amides is 2. The molecule has 11 nitrogen and oxygen atoms in total. The monoisotopic (exact) mass is 404 g/mol. The Kier molecular flexibility index (Phi) is 6.17. The lowest BCUT2D eigenvalue weighted by molar-refractivity contribution is 0.202. The fraction of sp³-hybridized carbons (Fsp3) is 0.250. The number of rotatable bonds is 8. The second-order valence-corrected chi connectivity index (χ2v) is 6.02. The van der Waals surface area contributed by atoms with Crippen LogP contribution in [0, 0.1) is 4.91 Å². The van der Waals surface area contributed by atoms with Crippen molar-refractivity contribution in [1.29, 1.82) is 0 Å². The minimum Gasteiger partial charge on any atom is -0.471 e. The summed E-state index contributed by atoms with van der Waals surface area (Å²) in [4.78, 5) is 37.4. The van der Waals surface area contributed by atoms with Crippen LogP contribution in [0.3, 0.4) is 0 Å². The summed E-state index contributed by atoms with van der Waals surface area (Å²) in [5.74, 6) is 0.516. The largest absolute Gasteiger partial charge is 0.471 e. The molecule has 0 saturated carbocycles. The number of hydrogen-bond donors (Lipinski definition) is 3. The predicted octanol–water partition coefficient (Wildman–Crippen LogP) is 1.95. The van der Waals surface area contributed by atoms with E-state index in [4.69, 9.17) is 22.1 Å². The maximum Gasteiger partial charge on any atom is 0.340 e. The van der Waals surface area contributed by atoms with Gasteiger partial charge in [-0.25, -0.2) is 9.78 Å². The quantitative estimate of drug-likeness (QED) is 0.294. The molecule has 12 heteroatoms. The Morgan fingerprint density at radius 1 is 1.29 bits per heavy atom. The van der Waals surface area contributed by atoms with Gasteiger partial charge in [-0.15, -0.1) is 16.5 Å². The number of ether oxygens (including phenoxy) is 1. The Bertz CT molecular complexity index is 962. The van der Waals surface area contributed by atoms with Crippen LogP contribution < -0.4 is 15.8 Å². The maximum absolute atomic E-state index is 11.8. The minimum atomic E-state index is -0.604. The van der Waals surface area contributed by atoms with Crippen molar-refractivity contribution in [2.45, 2.75) is 13.2 Å². The highest BCUT2D eigenvalue weighted by Crippen LogP contribution is 2.20. The summed E-state index contributed by atoms with van der Waals surface area (Å²) in [6.45, 7) is 0.547. The number of halogens is 1. The lowest BCUT2D eigenvalue weighted by atomic mass is 10.1. The number of fused-ring (bicyclic) bond motifs is 1. The molecule has 3 rings (SSSR count). The molecular weight excluding hydrogens is 388 g/mol. The van der Waals surface area contributed by atoms with E-state index in [1.807, 2.05) is 24.3 Å². The van der Waals surface area contributed by atoms with Crippen molar-refractivity contribution < 1.29 is 9.53 Å². The van der Waals surface area contributed by atoms with E-state index in [1.165, 1.54) is 6.33 Å². The van der Waals surface area contributed by atoms with Crippen molar-refractivity contribution in [3.63, 3.8) is 0 Å². The number of alkyl halides is 1. The number of H-pyrrole nitrogens is 1. The number of anilines is 1. The number of nitrogens with one attached hydrogen (secondary N) is 2. The summed E-state index contributed by atoms with van der Waals surface area (Å²) >= 11 is 5.51. The molecule has 0 atom stereocenters. The Balaban J connectivity index is 1.56. The number of hydrogen-bond acceptors (Lipinski definition) is 8. The molecule has 2 heterocycles. The van der Waals surface area contributed by atoms with Crippen LogP contribution >= 0.6 is 11.6 Å². The van der Waals surface area contributed by atoms with E-state index >= 15 is 0 Å². The van der Waals surface area contributed by atoms with Gasteiger partial charge in [-0.2, -0.15) is 15.0 Å². The highest BCUT2D eigenvalue weighted by Gasteiger charge is 2.13. The van der Waals surface area contributed by atoms with Crippen molar-refractivity contribution >= 4 is 34.7 Å². The van der Waals surface area contributed by atoms with Gasteiger partial charge in [0.15, 0.2) is 5.65 Å². The zero-order valence-corrected chi connectivity index (χ0v) is 15.4.